The second-order valence-corrected chi connectivity index (χ2v) is 7.70. The molecule has 0 aliphatic carbocycles. The first-order valence-corrected chi connectivity index (χ1v) is 10.7. The van der Waals surface area contributed by atoms with E-state index in [1.807, 2.05) is 24.3 Å². The van der Waals surface area contributed by atoms with Crippen LogP contribution in [-0.4, -0.2) is 25.1 Å². The fourth-order valence-electron chi connectivity index (χ4n) is 3.56. The highest BCUT2D eigenvalue weighted by atomic mass is 19.4. The van der Waals surface area contributed by atoms with E-state index in [-0.39, 0.29) is 0 Å². The summed E-state index contributed by atoms with van der Waals surface area (Å²) in [6, 6.07) is 19.3. The number of carbonyl (C=O) groups is 1. The third kappa shape index (κ3) is 5.30. The lowest BCUT2D eigenvalue weighted by molar-refractivity contribution is -0.137. The van der Waals surface area contributed by atoms with Crippen molar-refractivity contribution in [2.75, 3.05) is 19.5 Å². The van der Waals surface area contributed by atoms with Gasteiger partial charge >= 0.3 is 6.18 Å². The molecular formula is C27H20F4N2O3. The summed E-state index contributed by atoms with van der Waals surface area (Å²) in [4.78, 5) is 17.1. The van der Waals surface area contributed by atoms with Gasteiger partial charge in [-0.1, -0.05) is 18.2 Å². The Balaban J connectivity index is 1.54. The number of aromatic nitrogens is 1. The van der Waals surface area contributed by atoms with E-state index in [0.717, 1.165) is 17.2 Å². The van der Waals surface area contributed by atoms with Crippen molar-refractivity contribution in [3.8, 4) is 34.0 Å². The molecule has 1 heterocycles. The van der Waals surface area contributed by atoms with Crippen LogP contribution in [0, 0.1) is 5.82 Å². The van der Waals surface area contributed by atoms with Crippen molar-refractivity contribution in [2.24, 2.45) is 0 Å². The van der Waals surface area contributed by atoms with Crippen LogP contribution in [0.15, 0.2) is 78.9 Å². The second-order valence-electron chi connectivity index (χ2n) is 7.70. The molecule has 1 amide bonds. The Morgan fingerprint density at radius 2 is 1.58 bits per heavy atom. The van der Waals surface area contributed by atoms with Crippen LogP contribution in [0.25, 0.3) is 22.5 Å². The van der Waals surface area contributed by atoms with Gasteiger partial charge in [-0.2, -0.15) is 13.2 Å². The Kier molecular flexibility index (Phi) is 6.91. The number of carbonyl (C=O) groups excluding carboxylic acids is 1. The highest BCUT2D eigenvalue weighted by Crippen LogP contribution is 2.34. The molecule has 184 valence electrons. The summed E-state index contributed by atoms with van der Waals surface area (Å²) in [5, 5.41) is 2.49. The third-order valence-corrected chi connectivity index (χ3v) is 5.41. The van der Waals surface area contributed by atoms with Gasteiger partial charge in [0, 0.05) is 16.8 Å². The predicted octanol–water partition coefficient (Wildman–Crippen LogP) is 6.84. The van der Waals surface area contributed by atoms with E-state index < -0.39 is 29.0 Å². The minimum Gasteiger partial charge on any atom is -0.497 e. The normalized spacial score (nSPS) is 11.2. The van der Waals surface area contributed by atoms with Crippen molar-refractivity contribution in [3.63, 3.8) is 0 Å². The van der Waals surface area contributed by atoms with E-state index in [9.17, 15) is 22.4 Å². The van der Waals surface area contributed by atoms with Gasteiger partial charge in [-0.15, -0.1) is 0 Å². The largest absolute Gasteiger partial charge is 0.497 e. The number of hydrogen-bond donors (Lipinski definition) is 1. The van der Waals surface area contributed by atoms with Crippen LogP contribution in [0.4, 0.5) is 23.2 Å². The number of nitrogens with one attached hydrogen (secondary N) is 1. The third-order valence-electron chi connectivity index (χ3n) is 5.41. The van der Waals surface area contributed by atoms with Crippen molar-refractivity contribution in [1.82, 2.24) is 4.98 Å². The van der Waals surface area contributed by atoms with E-state index in [1.165, 1.54) is 0 Å². The van der Waals surface area contributed by atoms with Gasteiger partial charge < -0.3 is 14.8 Å². The number of pyridine rings is 1. The highest BCUT2D eigenvalue weighted by Gasteiger charge is 2.31. The lowest BCUT2D eigenvalue weighted by Gasteiger charge is -2.12. The van der Waals surface area contributed by atoms with Crippen LogP contribution in [0.5, 0.6) is 11.5 Å². The van der Waals surface area contributed by atoms with Crippen LogP contribution < -0.4 is 14.8 Å². The molecule has 0 saturated heterocycles. The smallest absolute Gasteiger partial charge is 0.416 e. The molecule has 0 aliphatic heterocycles. The maximum absolute atomic E-state index is 14.1. The van der Waals surface area contributed by atoms with Crippen LogP contribution in [-0.2, 0) is 6.18 Å². The summed E-state index contributed by atoms with van der Waals surface area (Å²) in [5.74, 6) is -0.830. The van der Waals surface area contributed by atoms with Crippen molar-refractivity contribution in [1.29, 1.82) is 0 Å². The molecule has 9 heteroatoms. The molecule has 0 fully saturated rings. The second kappa shape index (κ2) is 10.1. The summed E-state index contributed by atoms with van der Waals surface area (Å²) in [6.45, 7) is 0. The topological polar surface area (TPSA) is 60.5 Å². The zero-order chi connectivity index (χ0) is 25.9. The number of methoxy groups -OCH3 is 2. The van der Waals surface area contributed by atoms with Crippen LogP contribution in [0.3, 0.4) is 0 Å². The average Bonchev–Trinajstić information content (AvgIpc) is 2.88. The molecule has 0 aliphatic rings. The number of hydrogen-bond acceptors (Lipinski definition) is 4. The van der Waals surface area contributed by atoms with Gasteiger partial charge in [-0.3, -0.25) is 4.79 Å². The summed E-state index contributed by atoms with van der Waals surface area (Å²) in [5.41, 5.74) is 1.51. The molecule has 3 aromatic carbocycles. The average molecular weight is 496 g/mol. The van der Waals surface area contributed by atoms with Crippen molar-refractivity contribution < 1.29 is 31.8 Å². The van der Waals surface area contributed by atoms with Gasteiger partial charge in [-0.25, -0.2) is 9.37 Å². The van der Waals surface area contributed by atoms with E-state index in [2.05, 4.69) is 5.32 Å². The van der Waals surface area contributed by atoms with Gasteiger partial charge in [0.05, 0.1) is 36.7 Å². The van der Waals surface area contributed by atoms with Gasteiger partial charge in [0.1, 0.15) is 17.3 Å². The molecule has 36 heavy (non-hydrogen) atoms. The number of ether oxygens (including phenoxy) is 2. The molecule has 1 aromatic heterocycles. The summed E-state index contributed by atoms with van der Waals surface area (Å²) >= 11 is 0. The molecule has 1 N–H and O–H groups in total. The monoisotopic (exact) mass is 496 g/mol. The first-order valence-electron chi connectivity index (χ1n) is 10.7. The minimum absolute atomic E-state index is 0.300. The fourth-order valence-corrected chi connectivity index (χ4v) is 3.56. The summed E-state index contributed by atoms with van der Waals surface area (Å²) < 4.78 is 63.1. The molecule has 0 spiro atoms. The van der Waals surface area contributed by atoms with Crippen molar-refractivity contribution in [2.45, 2.75) is 6.18 Å². The standard InChI is InChI=1S/C27H20F4N2O3/c1-35-19-11-13-25(36-2)21(15-19)24-5-3-4-23(33-24)16-6-9-18(10-7-16)32-26(34)20-12-8-17(14-22(20)28)27(29,30)31/h3-15H,1-2H3,(H,32,34). The van der Waals surface area contributed by atoms with Crippen LogP contribution >= 0.6 is 0 Å². The first kappa shape index (κ1) is 24.7. The number of benzene rings is 3. The van der Waals surface area contributed by atoms with Gasteiger partial charge in [-0.05, 0) is 60.7 Å². The minimum atomic E-state index is -4.70. The first-order chi connectivity index (χ1) is 17.2. The Morgan fingerprint density at radius 3 is 2.22 bits per heavy atom. The number of halogens is 4. The van der Waals surface area contributed by atoms with E-state index in [4.69, 9.17) is 14.5 Å². The molecule has 0 unspecified atom stereocenters. The zero-order valence-electron chi connectivity index (χ0n) is 19.2. The van der Waals surface area contributed by atoms with Crippen LogP contribution in [0.2, 0.25) is 0 Å². The quantitative estimate of drug-likeness (QED) is 0.297. The maximum Gasteiger partial charge on any atom is 0.416 e. The molecule has 4 rings (SSSR count). The van der Waals surface area contributed by atoms with Crippen molar-refractivity contribution >= 4 is 11.6 Å². The van der Waals surface area contributed by atoms with E-state index in [0.29, 0.717) is 40.7 Å². The maximum atomic E-state index is 14.1. The van der Waals surface area contributed by atoms with Gasteiger partial charge in [0.15, 0.2) is 0 Å². The molecule has 0 bridgehead atoms. The van der Waals surface area contributed by atoms with Gasteiger partial charge in [0.25, 0.3) is 5.91 Å². The zero-order valence-corrected chi connectivity index (χ0v) is 19.2. The number of alkyl halides is 3. The Hall–Kier alpha value is -4.40. The van der Waals surface area contributed by atoms with Crippen LogP contribution in [0.1, 0.15) is 15.9 Å². The summed E-state index contributed by atoms with van der Waals surface area (Å²) in [6.07, 6.45) is -4.70. The molecule has 4 aromatic rings. The summed E-state index contributed by atoms with van der Waals surface area (Å²) in [7, 11) is 3.14. The number of rotatable bonds is 6. The Labute approximate surface area is 204 Å². The molecule has 5 nitrogen and oxygen atoms in total. The Bertz CT molecular complexity index is 1400. The lowest BCUT2D eigenvalue weighted by atomic mass is 10.1. The molecule has 0 saturated carbocycles. The van der Waals surface area contributed by atoms with Crippen molar-refractivity contribution in [3.05, 3.63) is 95.8 Å². The van der Waals surface area contributed by atoms with E-state index >= 15 is 0 Å². The molecule has 0 atom stereocenters. The highest BCUT2D eigenvalue weighted by molar-refractivity contribution is 6.04. The number of amides is 1. The Morgan fingerprint density at radius 1 is 0.861 bits per heavy atom. The fraction of sp³-hybridized carbons (Fsp3) is 0.111. The van der Waals surface area contributed by atoms with Gasteiger partial charge in [0.2, 0.25) is 0 Å². The number of anilines is 1. The molecular weight excluding hydrogens is 476 g/mol. The lowest BCUT2D eigenvalue weighted by Crippen LogP contribution is -2.15. The molecule has 0 radical (unpaired) electrons. The van der Waals surface area contributed by atoms with E-state index in [1.54, 1.807) is 50.6 Å². The predicted molar refractivity (Wildman–Crippen MR) is 128 cm³/mol. The number of nitrogens with zero attached hydrogens (tertiary/aromatic N) is 1. The SMILES string of the molecule is COc1ccc(OC)c(-c2cccc(-c3ccc(NC(=O)c4ccc(C(F)(F)F)cc4F)cc3)n2)c1.